The molecular formula is C7H14N2. The molecule has 0 amide bonds. The van der Waals surface area contributed by atoms with Crippen LogP contribution in [0.15, 0.2) is 4.99 Å². The average molecular weight is 126 g/mol. The lowest BCUT2D eigenvalue weighted by Gasteiger charge is -2.15. The van der Waals surface area contributed by atoms with Crippen LogP contribution < -0.4 is 5.32 Å². The summed E-state index contributed by atoms with van der Waals surface area (Å²) in [6.45, 7) is 8.36. The van der Waals surface area contributed by atoms with Crippen LogP contribution in [0.1, 0.15) is 27.7 Å². The molecular weight excluding hydrogens is 112 g/mol. The summed E-state index contributed by atoms with van der Waals surface area (Å²) in [5.41, 5.74) is 1.18. The molecule has 2 heteroatoms. The molecule has 0 saturated heterocycles. The molecule has 1 atom stereocenters. The SMILES string of the molecule is CC1=NC(C)(C)NC1C. The lowest BCUT2D eigenvalue weighted by Crippen LogP contribution is -2.38. The fourth-order valence-electron chi connectivity index (χ4n) is 1.20. The van der Waals surface area contributed by atoms with E-state index >= 15 is 0 Å². The molecule has 1 N–H and O–H groups in total. The number of hydrogen-bond acceptors (Lipinski definition) is 2. The number of nitrogens with zero attached hydrogens (tertiary/aromatic N) is 1. The highest BCUT2D eigenvalue weighted by Crippen LogP contribution is 2.13. The van der Waals surface area contributed by atoms with Crippen molar-refractivity contribution in [2.24, 2.45) is 4.99 Å². The molecule has 9 heavy (non-hydrogen) atoms. The van der Waals surface area contributed by atoms with Crippen molar-refractivity contribution in [2.45, 2.75) is 39.4 Å². The van der Waals surface area contributed by atoms with Gasteiger partial charge in [-0.15, -0.1) is 0 Å². The number of hydrogen-bond donors (Lipinski definition) is 1. The van der Waals surface area contributed by atoms with Crippen LogP contribution in [0.3, 0.4) is 0 Å². The summed E-state index contributed by atoms with van der Waals surface area (Å²) in [5.74, 6) is 0. The number of rotatable bonds is 0. The molecule has 0 aliphatic carbocycles. The van der Waals surface area contributed by atoms with Crippen LogP contribution in [0.4, 0.5) is 0 Å². The van der Waals surface area contributed by atoms with Crippen molar-refractivity contribution in [3.8, 4) is 0 Å². The van der Waals surface area contributed by atoms with Crippen LogP contribution in [0.25, 0.3) is 0 Å². The summed E-state index contributed by atoms with van der Waals surface area (Å²) in [5, 5.41) is 3.34. The van der Waals surface area contributed by atoms with E-state index in [1.807, 2.05) is 0 Å². The maximum absolute atomic E-state index is 4.41. The quantitative estimate of drug-likeness (QED) is 0.517. The molecule has 1 rings (SSSR count). The van der Waals surface area contributed by atoms with Gasteiger partial charge in [-0.05, 0) is 27.7 Å². The Balaban J connectivity index is 2.74. The summed E-state index contributed by atoms with van der Waals surface area (Å²) >= 11 is 0. The molecule has 0 aromatic carbocycles. The van der Waals surface area contributed by atoms with Crippen molar-refractivity contribution < 1.29 is 0 Å². The van der Waals surface area contributed by atoms with E-state index in [4.69, 9.17) is 0 Å². The third-order valence-corrected chi connectivity index (χ3v) is 1.65. The van der Waals surface area contributed by atoms with E-state index in [9.17, 15) is 0 Å². The normalized spacial score (nSPS) is 32.4. The van der Waals surface area contributed by atoms with Gasteiger partial charge in [-0.1, -0.05) is 0 Å². The Morgan fingerprint density at radius 1 is 1.56 bits per heavy atom. The second kappa shape index (κ2) is 1.81. The standard InChI is InChI=1S/C7H14N2/c1-5-6(2)9-7(3,4)8-5/h5,8H,1-4H3. The van der Waals surface area contributed by atoms with Crippen LogP contribution in [-0.2, 0) is 0 Å². The molecule has 0 fully saturated rings. The monoisotopic (exact) mass is 126 g/mol. The van der Waals surface area contributed by atoms with Gasteiger partial charge in [0.2, 0.25) is 0 Å². The highest BCUT2D eigenvalue weighted by molar-refractivity contribution is 5.88. The van der Waals surface area contributed by atoms with Crippen LogP contribution in [0.2, 0.25) is 0 Å². The Kier molecular flexibility index (Phi) is 1.35. The van der Waals surface area contributed by atoms with Crippen molar-refractivity contribution in [3.63, 3.8) is 0 Å². The third kappa shape index (κ3) is 1.30. The smallest absolute Gasteiger partial charge is 0.105 e. The predicted molar refractivity (Wildman–Crippen MR) is 39.8 cm³/mol. The van der Waals surface area contributed by atoms with Gasteiger partial charge in [-0.3, -0.25) is 10.3 Å². The lowest BCUT2D eigenvalue weighted by atomic mass is 10.2. The fourth-order valence-corrected chi connectivity index (χ4v) is 1.20. The highest BCUT2D eigenvalue weighted by Gasteiger charge is 2.26. The van der Waals surface area contributed by atoms with Crippen molar-refractivity contribution in [2.75, 3.05) is 0 Å². The first-order valence-electron chi connectivity index (χ1n) is 3.35. The molecule has 1 aliphatic rings. The summed E-state index contributed by atoms with van der Waals surface area (Å²) in [6, 6.07) is 0.458. The van der Waals surface area contributed by atoms with Gasteiger partial charge < -0.3 is 0 Å². The Morgan fingerprint density at radius 3 is 2.22 bits per heavy atom. The Bertz CT molecular complexity index is 147. The second-order valence-corrected chi connectivity index (χ2v) is 3.18. The summed E-state index contributed by atoms with van der Waals surface area (Å²) in [4.78, 5) is 4.41. The van der Waals surface area contributed by atoms with Crippen molar-refractivity contribution in [3.05, 3.63) is 0 Å². The van der Waals surface area contributed by atoms with E-state index in [1.165, 1.54) is 5.71 Å². The summed E-state index contributed by atoms with van der Waals surface area (Å²) < 4.78 is 0. The minimum absolute atomic E-state index is 0.0243. The first-order chi connectivity index (χ1) is 4.01. The number of nitrogens with one attached hydrogen (secondary N) is 1. The molecule has 0 saturated carbocycles. The van der Waals surface area contributed by atoms with Gasteiger partial charge in [-0.2, -0.15) is 0 Å². The first kappa shape index (κ1) is 6.75. The number of aliphatic imine (C=N–C) groups is 1. The minimum Gasteiger partial charge on any atom is -0.286 e. The van der Waals surface area contributed by atoms with Gasteiger partial charge in [0, 0.05) is 11.8 Å². The third-order valence-electron chi connectivity index (χ3n) is 1.65. The van der Waals surface area contributed by atoms with Gasteiger partial charge >= 0.3 is 0 Å². The zero-order valence-electron chi connectivity index (χ0n) is 6.52. The Labute approximate surface area is 56.4 Å². The van der Waals surface area contributed by atoms with E-state index in [2.05, 4.69) is 38.0 Å². The minimum atomic E-state index is -0.0243. The van der Waals surface area contributed by atoms with E-state index in [0.717, 1.165) is 0 Å². The van der Waals surface area contributed by atoms with E-state index < -0.39 is 0 Å². The molecule has 0 spiro atoms. The van der Waals surface area contributed by atoms with E-state index in [0.29, 0.717) is 6.04 Å². The zero-order chi connectivity index (χ0) is 7.07. The van der Waals surface area contributed by atoms with Crippen LogP contribution >= 0.6 is 0 Å². The maximum Gasteiger partial charge on any atom is 0.105 e. The molecule has 2 nitrogen and oxygen atoms in total. The molecule has 0 bridgehead atoms. The van der Waals surface area contributed by atoms with Crippen molar-refractivity contribution >= 4 is 5.71 Å². The van der Waals surface area contributed by atoms with Crippen molar-refractivity contribution in [1.82, 2.24) is 5.32 Å². The van der Waals surface area contributed by atoms with Crippen LogP contribution in [0, 0.1) is 0 Å². The molecule has 0 aromatic heterocycles. The van der Waals surface area contributed by atoms with E-state index in [-0.39, 0.29) is 5.66 Å². The van der Waals surface area contributed by atoms with Gasteiger partial charge in [0.1, 0.15) is 5.66 Å². The molecule has 52 valence electrons. The molecule has 1 heterocycles. The second-order valence-electron chi connectivity index (χ2n) is 3.18. The maximum atomic E-state index is 4.41. The van der Waals surface area contributed by atoms with Gasteiger partial charge in [0.25, 0.3) is 0 Å². The topological polar surface area (TPSA) is 24.4 Å². The van der Waals surface area contributed by atoms with Crippen LogP contribution in [0.5, 0.6) is 0 Å². The van der Waals surface area contributed by atoms with Gasteiger partial charge in [-0.25, -0.2) is 0 Å². The van der Waals surface area contributed by atoms with Gasteiger partial charge in [0.05, 0.1) is 0 Å². The lowest BCUT2D eigenvalue weighted by molar-refractivity contribution is 0.429. The fraction of sp³-hybridized carbons (Fsp3) is 0.857. The van der Waals surface area contributed by atoms with Gasteiger partial charge in [0.15, 0.2) is 0 Å². The largest absolute Gasteiger partial charge is 0.286 e. The molecule has 1 unspecified atom stereocenters. The van der Waals surface area contributed by atoms with Crippen molar-refractivity contribution in [1.29, 1.82) is 0 Å². The van der Waals surface area contributed by atoms with Crippen LogP contribution in [-0.4, -0.2) is 17.4 Å². The highest BCUT2D eigenvalue weighted by atomic mass is 15.2. The molecule has 1 aliphatic heterocycles. The Hall–Kier alpha value is -0.370. The molecule has 0 aromatic rings. The summed E-state index contributed by atoms with van der Waals surface area (Å²) in [6.07, 6.45) is 0. The first-order valence-corrected chi connectivity index (χ1v) is 3.35. The molecule has 0 radical (unpaired) electrons. The zero-order valence-corrected chi connectivity index (χ0v) is 6.52. The van der Waals surface area contributed by atoms with E-state index in [1.54, 1.807) is 0 Å². The average Bonchev–Trinajstić information content (AvgIpc) is 1.79. The predicted octanol–water partition coefficient (Wildman–Crippen LogP) is 1.18. The summed E-state index contributed by atoms with van der Waals surface area (Å²) in [7, 11) is 0. The Morgan fingerprint density at radius 2 is 2.11 bits per heavy atom.